The van der Waals surface area contributed by atoms with Crippen LogP contribution in [0.25, 0.3) is 0 Å². The van der Waals surface area contributed by atoms with Crippen LogP contribution in [0, 0.1) is 11.3 Å². The van der Waals surface area contributed by atoms with Crippen LogP contribution in [-0.2, 0) is 26.0 Å². The highest BCUT2D eigenvalue weighted by atomic mass is 32.2. The lowest BCUT2D eigenvalue weighted by Crippen LogP contribution is -2.36. The number of nitrogens with zero attached hydrogens (tertiary/aromatic N) is 2. The largest absolute Gasteiger partial charge is 0.493 e. The Bertz CT molecular complexity index is 997. The number of rotatable bonds is 9. The summed E-state index contributed by atoms with van der Waals surface area (Å²) in [6.07, 6.45) is 0.195. The SMILES string of the molecule is CCOC(=O)CN(c1ccc(CC#N)cc1)S(=O)(=O)c1ccc(OC)c(OC)c1. The van der Waals surface area contributed by atoms with Gasteiger partial charge in [-0.25, -0.2) is 8.42 Å². The summed E-state index contributed by atoms with van der Waals surface area (Å²) in [6, 6.07) is 12.6. The van der Waals surface area contributed by atoms with E-state index in [0.29, 0.717) is 5.75 Å². The Morgan fingerprint density at radius 3 is 2.28 bits per heavy atom. The molecule has 29 heavy (non-hydrogen) atoms. The second kappa shape index (κ2) is 9.80. The monoisotopic (exact) mass is 418 g/mol. The van der Waals surface area contributed by atoms with E-state index in [1.807, 2.05) is 6.07 Å². The van der Waals surface area contributed by atoms with Crippen LogP contribution in [0.5, 0.6) is 11.5 Å². The number of methoxy groups -OCH3 is 2. The number of hydrogen-bond acceptors (Lipinski definition) is 7. The summed E-state index contributed by atoms with van der Waals surface area (Å²) in [4.78, 5) is 12.0. The van der Waals surface area contributed by atoms with Crippen LogP contribution in [0.3, 0.4) is 0 Å². The molecule has 8 nitrogen and oxygen atoms in total. The van der Waals surface area contributed by atoms with Crippen LogP contribution < -0.4 is 13.8 Å². The average Bonchev–Trinajstić information content (AvgIpc) is 2.72. The first-order chi connectivity index (χ1) is 13.9. The molecule has 0 aliphatic carbocycles. The maximum absolute atomic E-state index is 13.3. The second-order valence-electron chi connectivity index (χ2n) is 5.83. The third-order valence-electron chi connectivity index (χ3n) is 4.03. The number of hydrogen-bond donors (Lipinski definition) is 0. The summed E-state index contributed by atoms with van der Waals surface area (Å²) in [6.45, 7) is 1.27. The summed E-state index contributed by atoms with van der Waals surface area (Å²) < 4.78 is 42.9. The quantitative estimate of drug-likeness (QED) is 0.576. The highest BCUT2D eigenvalue weighted by Crippen LogP contribution is 2.32. The van der Waals surface area contributed by atoms with Crippen molar-refractivity contribution in [3.63, 3.8) is 0 Å². The third kappa shape index (κ3) is 5.18. The highest BCUT2D eigenvalue weighted by Gasteiger charge is 2.28. The first kappa shape index (κ1) is 22.0. The predicted octanol–water partition coefficient (Wildman–Crippen LogP) is 2.53. The van der Waals surface area contributed by atoms with E-state index in [4.69, 9.17) is 19.5 Å². The molecule has 0 saturated carbocycles. The molecule has 0 fully saturated rings. The molecule has 0 amide bonds. The van der Waals surface area contributed by atoms with Crippen LogP contribution in [0.2, 0.25) is 0 Å². The van der Waals surface area contributed by atoms with Crippen molar-refractivity contribution < 1.29 is 27.4 Å². The highest BCUT2D eigenvalue weighted by molar-refractivity contribution is 7.92. The molecule has 0 atom stereocenters. The van der Waals surface area contributed by atoms with Gasteiger partial charge >= 0.3 is 5.97 Å². The van der Waals surface area contributed by atoms with Crippen molar-refractivity contribution in [2.24, 2.45) is 0 Å². The maximum Gasteiger partial charge on any atom is 0.326 e. The number of ether oxygens (including phenoxy) is 3. The Balaban J connectivity index is 2.51. The number of sulfonamides is 1. The van der Waals surface area contributed by atoms with Gasteiger partial charge in [0.15, 0.2) is 11.5 Å². The molecule has 2 rings (SSSR count). The van der Waals surface area contributed by atoms with Crippen molar-refractivity contribution in [2.75, 3.05) is 31.7 Å². The molecule has 9 heteroatoms. The summed E-state index contributed by atoms with van der Waals surface area (Å²) >= 11 is 0. The van der Waals surface area contributed by atoms with E-state index in [2.05, 4.69) is 0 Å². The van der Waals surface area contributed by atoms with Gasteiger partial charge in [-0.05, 0) is 36.8 Å². The zero-order chi connectivity index (χ0) is 21.4. The minimum absolute atomic E-state index is 0.0689. The Kier molecular flexibility index (Phi) is 7.45. The number of carbonyl (C=O) groups excluding carboxylic acids is 1. The zero-order valence-electron chi connectivity index (χ0n) is 16.4. The summed E-state index contributed by atoms with van der Waals surface area (Å²) in [5, 5.41) is 8.81. The van der Waals surface area contributed by atoms with Crippen molar-refractivity contribution in [1.29, 1.82) is 5.26 Å². The number of carbonyl (C=O) groups is 1. The first-order valence-electron chi connectivity index (χ1n) is 8.73. The van der Waals surface area contributed by atoms with Gasteiger partial charge in [0.1, 0.15) is 6.54 Å². The van der Waals surface area contributed by atoms with Gasteiger partial charge in [-0.15, -0.1) is 0 Å². The van der Waals surface area contributed by atoms with E-state index >= 15 is 0 Å². The molecule has 0 heterocycles. The fraction of sp³-hybridized carbons (Fsp3) is 0.300. The molecule has 0 aliphatic heterocycles. The Labute approximate surface area is 170 Å². The molecule has 0 saturated heterocycles. The molecule has 0 bridgehead atoms. The lowest BCUT2D eigenvalue weighted by atomic mass is 10.1. The molecule has 0 aromatic heterocycles. The van der Waals surface area contributed by atoms with Crippen molar-refractivity contribution in [1.82, 2.24) is 0 Å². The standard InChI is InChI=1S/C20H22N2O6S/c1-4-28-20(23)14-22(16-7-5-15(6-8-16)11-12-21)29(24,25)17-9-10-18(26-2)19(13-17)27-3/h5-10,13H,4,11,14H2,1-3H3. The molecular weight excluding hydrogens is 396 g/mol. The Morgan fingerprint density at radius 1 is 1.07 bits per heavy atom. The van der Waals surface area contributed by atoms with Crippen molar-refractivity contribution >= 4 is 21.7 Å². The van der Waals surface area contributed by atoms with Gasteiger partial charge in [0.2, 0.25) is 0 Å². The van der Waals surface area contributed by atoms with Crippen LogP contribution in [0.15, 0.2) is 47.4 Å². The molecule has 2 aromatic carbocycles. The second-order valence-corrected chi connectivity index (χ2v) is 7.70. The third-order valence-corrected chi connectivity index (χ3v) is 5.80. The fourth-order valence-corrected chi connectivity index (χ4v) is 4.04. The minimum atomic E-state index is -4.12. The van der Waals surface area contributed by atoms with E-state index in [1.165, 1.54) is 32.4 Å². The van der Waals surface area contributed by atoms with Crippen LogP contribution >= 0.6 is 0 Å². The summed E-state index contributed by atoms with van der Waals surface area (Å²) in [5.41, 5.74) is 1.00. The van der Waals surface area contributed by atoms with E-state index in [1.54, 1.807) is 31.2 Å². The van der Waals surface area contributed by atoms with E-state index in [9.17, 15) is 13.2 Å². The van der Waals surface area contributed by atoms with Crippen LogP contribution in [0.4, 0.5) is 5.69 Å². The molecule has 0 radical (unpaired) electrons. The predicted molar refractivity (Wildman–Crippen MR) is 106 cm³/mol. The van der Waals surface area contributed by atoms with Gasteiger partial charge in [-0.1, -0.05) is 12.1 Å². The Hall–Kier alpha value is -3.25. The van der Waals surface area contributed by atoms with Gasteiger partial charge in [-0.3, -0.25) is 9.10 Å². The zero-order valence-corrected chi connectivity index (χ0v) is 17.2. The van der Waals surface area contributed by atoms with Crippen molar-refractivity contribution in [3.05, 3.63) is 48.0 Å². The summed E-state index contributed by atoms with van der Waals surface area (Å²) in [5.74, 6) is -0.0593. The van der Waals surface area contributed by atoms with Crippen molar-refractivity contribution in [3.8, 4) is 17.6 Å². The first-order valence-corrected chi connectivity index (χ1v) is 10.2. The maximum atomic E-state index is 13.3. The molecule has 0 unspecified atom stereocenters. The van der Waals surface area contributed by atoms with Gasteiger partial charge in [0.25, 0.3) is 10.0 Å². The van der Waals surface area contributed by atoms with Gasteiger partial charge in [0, 0.05) is 6.07 Å². The lowest BCUT2D eigenvalue weighted by molar-refractivity contribution is -0.141. The fourth-order valence-electron chi connectivity index (χ4n) is 2.61. The Morgan fingerprint density at radius 2 is 1.72 bits per heavy atom. The van der Waals surface area contributed by atoms with E-state index in [0.717, 1.165) is 9.87 Å². The molecule has 154 valence electrons. The molecule has 0 N–H and O–H groups in total. The average molecular weight is 418 g/mol. The number of nitriles is 1. The minimum Gasteiger partial charge on any atom is -0.493 e. The lowest BCUT2D eigenvalue weighted by Gasteiger charge is -2.24. The molecule has 0 aliphatic rings. The molecular formula is C20H22N2O6S. The van der Waals surface area contributed by atoms with Gasteiger partial charge < -0.3 is 14.2 Å². The number of anilines is 1. The van der Waals surface area contributed by atoms with Crippen LogP contribution in [0.1, 0.15) is 12.5 Å². The normalized spacial score (nSPS) is 10.7. The van der Waals surface area contributed by atoms with Gasteiger partial charge in [-0.2, -0.15) is 5.26 Å². The molecule has 2 aromatic rings. The topological polar surface area (TPSA) is 106 Å². The smallest absolute Gasteiger partial charge is 0.326 e. The van der Waals surface area contributed by atoms with Crippen LogP contribution in [-0.4, -0.2) is 41.8 Å². The van der Waals surface area contributed by atoms with Gasteiger partial charge in [0.05, 0.1) is 43.9 Å². The van der Waals surface area contributed by atoms with Crippen molar-refractivity contribution in [2.45, 2.75) is 18.2 Å². The summed E-state index contributed by atoms with van der Waals surface area (Å²) in [7, 11) is -1.27. The molecule has 0 spiro atoms. The number of benzene rings is 2. The van der Waals surface area contributed by atoms with E-state index in [-0.39, 0.29) is 29.4 Å². The number of esters is 1. The van der Waals surface area contributed by atoms with E-state index < -0.39 is 22.5 Å².